The fraction of sp³-hybridized carbons (Fsp3) is 0.923. The van der Waals surface area contributed by atoms with E-state index in [0.717, 1.165) is 31.6 Å². The highest BCUT2D eigenvalue weighted by molar-refractivity contribution is 5.66. The molecule has 0 aliphatic rings. The average molecular weight is 429 g/mol. The second-order valence-electron chi connectivity index (χ2n) is 9.13. The van der Waals surface area contributed by atoms with Crippen LogP contribution in [-0.4, -0.2) is 22.2 Å². The van der Waals surface area contributed by atoms with Crippen LogP contribution in [0.2, 0.25) is 0 Å². The summed E-state index contributed by atoms with van der Waals surface area (Å²) in [4.78, 5) is 20.4. The zero-order valence-electron chi connectivity index (χ0n) is 20.4. The summed E-state index contributed by atoms with van der Waals surface area (Å²) < 4.78 is 0. The lowest BCUT2D eigenvalue weighted by atomic mass is 10.0. The smallest absolute Gasteiger partial charge is 0.303 e. The molecule has 0 aromatic heterocycles. The molecule has 0 aliphatic heterocycles. The van der Waals surface area contributed by atoms with Crippen molar-refractivity contribution >= 4 is 11.9 Å². The minimum atomic E-state index is -0.668. The molecule has 0 unspecified atom stereocenters. The molecule has 0 saturated heterocycles. The number of unbranched alkanes of at least 4 members (excludes halogenated alkanes) is 15. The molecule has 180 valence electrons. The fourth-order valence-electron chi connectivity index (χ4n) is 3.48. The summed E-state index contributed by atoms with van der Waals surface area (Å²) in [5.41, 5.74) is 0. The largest absolute Gasteiger partial charge is 0.481 e. The number of hydrogen-bond acceptors (Lipinski definition) is 2. The van der Waals surface area contributed by atoms with Crippen molar-refractivity contribution in [2.75, 3.05) is 0 Å². The second-order valence-corrected chi connectivity index (χ2v) is 9.13. The van der Waals surface area contributed by atoms with E-state index in [1.807, 2.05) is 0 Å². The van der Waals surface area contributed by atoms with Gasteiger partial charge in [-0.25, -0.2) is 0 Å². The van der Waals surface area contributed by atoms with E-state index in [1.54, 1.807) is 0 Å². The third-order valence-electron chi connectivity index (χ3n) is 5.42. The van der Waals surface area contributed by atoms with E-state index >= 15 is 0 Å². The first-order chi connectivity index (χ1) is 14.4. The fourth-order valence-corrected chi connectivity index (χ4v) is 3.48. The van der Waals surface area contributed by atoms with Gasteiger partial charge in [-0.3, -0.25) is 9.59 Å². The van der Waals surface area contributed by atoms with E-state index in [1.165, 1.54) is 89.9 Å². The van der Waals surface area contributed by atoms with E-state index in [2.05, 4.69) is 20.8 Å². The molecular formula is C26H52O4. The van der Waals surface area contributed by atoms with Gasteiger partial charge in [-0.05, 0) is 18.8 Å². The van der Waals surface area contributed by atoms with Crippen LogP contribution in [0.1, 0.15) is 149 Å². The lowest BCUT2D eigenvalue weighted by Crippen LogP contribution is -1.94. The zero-order chi connectivity index (χ0) is 22.9. The Morgan fingerprint density at radius 1 is 0.533 bits per heavy atom. The third kappa shape index (κ3) is 34.4. The lowest BCUT2D eigenvalue weighted by Gasteiger charge is -2.02. The first-order valence-corrected chi connectivity index (χ1v) is 12.8. The zero-order valence-corrected chi connectivity index (χ0v) is 20.4. The maximum Gasteiger partial charge on any atom is 0.303 e. The number of aliphatic carboxylic acids is 2. The van der Waals surface area contributed by atoms with Gasteiger partial charge in [0.2, 0.25) is 0 Å². The highest BCUT2D eigenvalue weighted by atomic mass is 16.4. The predicted octanol–water partition coefficient (Wildman–Crippen LogP) is 8.62. The van der Waals surface area contributed by atoms with Gasteiger partial charge in [0.25, 0.3) is 0 Å². The van der Waals surface area contributed by atoms with Crippen molar-refractivity contribution in [2.24, 2.45) is 5.92 Å². The minimum Gasteiger partial charge on any atom is -0.481 e. The van der Waals surface area contributed by atoms with E-state index in [4.69, 9.17) is 10.2 Å². The van der Waals surface area contributed by atoms with Crippen LogP contribution in [-0.2, 0) is 9.59 Å². The van der Waals surface area contributed by atoms with Crippen molar-refractivity contribution in [1.82, 2.24) is 0 Å². The summed E-state index contributed by atoms with van der Waals surface area (Å²) in [5.74, 6) is -0.540. The van der Waals surface area contributed by atoms with Crippen LogP contribution in [0.5, 0.6) is 0 Å². The van der Waals surface area contributed by atoms with Gasteiger partial charge in [0, 0.05) is 12.8 Å². The molecule has 0 spiro atoms. The summed E-state index contributed by atoms with van der Waals surface area (Å²) >= 11 is 0. The van der Waals surface area contributed by atoms with E-state index in [0.29, 0.717) is 12.8 Å². The Hall–Kier alpha value is -1.06. The summed E-state index contributed by atoms with van der Waals surface area (Å²) in [5, 5.41) is 16.8. The van der Waals surface area contributed by atoms with Gasteiger partial charge in [0.05, 0.1) is 0 Å². The topological polar surface area (TPSA) is 74.6 Å². The van der Waals surface area contributed by atoms with Crippen molar-refractivity contribution in [3.8, 4) is 0 Å². The van der Waals surface area contributed by atoms with Crippen molar-refractivity contribution in [3.63, 3.8) is 0 Å². The molecule has 0 heterocycles. The minimum absolute atomic E-state index is 0.335. The summed E-state index contributed by atoms with van der Waals surface area (Å²) in [6.45, 7) is 6.70. The van der Waals surface area contributed by atoms with Gasteiger partial charge in [-0.15, -0.1) is 0 Å². The maximum atomic E-state index is 10.3. The molecule has 0 aromatic carbocycles. The Kier molecular flexibility index (Phi) is 27.0. The molecule has 0 fully saturated rings. The first kappa shape index (κ1) is 31.1. The van der Waals surface area contributed by atoms with E-state index in [9.17, 15) is 9.59 Å². The van der Waals surface area contributed by atoms with Crippen LogP contribution in [0.15, 0.2) is 0 Å². The van der Waals surface area contributed by atoms with E-state index in [-0.39, 0.29) is 0 Å². The van der Waals surface area contributed by atoms with Crippen molar-refractivity contribution in [1.29, 1.82) is 0 Å². The quantitative estimate of drug-likeness (QED) is 0.179. The predicted molar refractivity (Wildman–Crippen MR) is 128 cm³/mol. The Morgan fingerprint density at radius 2 is 0.833 bits per heavy atom. The van der Waals surface area contributed by atoms with Crippen LogP contribution >= 0.6 is 0 Å². The van der Waals surface area contributed by atoms with Gasteiger partial charge in [0.1, 0.15) is 0 Å². The van der Waals surface area contributed by atoms with Gasteiger partial charge in [0.15, 0.2) is 0 Å². The molecular weight excluding hydrogens is 376 g/mol. The van der Waals surface area contributed by atoms with Gasteiger partial charge >= 0.3 is 11.9 Å². The molecule has 0 aliphatic carbocycles. The van der Waals surface area contributed by atoms with Crippen LogP contribution in [0.4, 0.5) is 0 Å². The standard InChI is InChI=1S/C16H32O2.C10H20O2/c1-2-3-4-5-6-7-8-9-10-11-12-13-14-15-16(17)18;1-9(2)7-5-3-4-6-8-10(11)12/h2-15H2,1H3,(H,17,18);9H,3-8H2,1-2H3,(H,11,12). The van der Waals surface area contributed by atoms with Crippen LogP contribution in [0.25, 0.3) is 0 Å². The SMILES string of the molecule is CC(C)CCCCCCC(=O)O.CCCCCCCCCCCCCCCC(=O)O. The molecule has 0 saturated carbocycles. The molecule has 30 heavy (non-hydrogen) atoms. The number of carboxylic acids is 2. The normalized spacial score (nSPS) is 10.7. The van der Waals surface area contributed by atoms with Crippen LogP contribution in [0.3, 0.4) is 0 Å². The monoisotopic (exact) mass is 428 g/mol. The molecule has 0 amide bonds. The van der Waals surface area contributed by atoms with Crippen LogP contribution in [0, 0.1) is 5.92 Å². The highest BCUT2D eigenvalue weighted by Gasteiger charge is 1.98. The molecule has 0 radical (unpaired) electrons. The summed E-state index contributed by atoms with van der Waals surface area (Å²) in [6.07, 6.45) is 23.2. The summed E-state index contributed by atoms with van der Waals surface area (Å²) in [7, 11) is 0. The van der Waals surface area contributed by atoms with Crippen molar-refractivity contribution in [3.05, 3.63) is 0 Å². The van der Waals surface area contributed by atoms with Gasteiger partial charge in [-0.1, -0.05) is 124 Å². The van der Waals surface area contributed by atoms with Crippen molar-refractivity contribution < 1.29 is 19.8 Å². The Balaban J connectivity index is 0. The molecule has 0 aromatic rings. The molecule has 0 bridgehead atoms. The molecule has 0 rings (SSSR count). The Morgan fingerprint density at radius 3 is 1.13 bits per heavy atom. The summed E-state index contributed by atoms with van der Waals surface area (Å²) in [6, 6.07) is 0. The molecule has 4 heteroatoms. The number of carbonyl (C=O) groups is 2. The molecule has 0 atom stereocenters. The number of hydrogen-bond donors (Lipinski definition) is 2. The third-order valence-corrected chi connectivity index (χ3v) is 5.42. The lowest BCUT2D eigenvalue weighted by molar-refractivity contribution is -0.138. The number of rotatable bonds is 21. The van der Waals surface area contributed by atoms with Crippen molar-refractivity contribution in [2.45, 2.75) is 149 Å². The second kappa shape index (κ2) is 26.0. The molecule has 2 N–H and O–H groups in total. The highest BCUT2D eigenvalue weighted by Crippen LogP contribution is 2.13. The number of carboxylic acid groups (broad SMARTS) is 2. The van der Waals surface area contributed by atoms with Gasteiger partial charge < -0.3 is 10.2 Å². The Labute approximate surface area is 187 Å². The average Bonchev–Trinajstić information content (AvgIpc) is 2.68. The van der Waals surface area contributed by atoms with Crippen LogP contribution < -0.4 is 0 Å². The van der Waals surface area contributed by atoms with E-state index < -0.39 is 11.9 Å². The van der Waals surface area contributed by atoms with Gasteiger partial charge in [-0.2, -0.15) is 0 Å². The first-order valence-electron chi connectivity index (χ1n) is 12.8. The molecule has 4 nitrogen and oxygen atoms in total. The Bertz CT molecular complexity index is 366. The maximum absolute atomic E-state index is 10.3.